The van der Waals surface area contributed by atoms with Crippen LogP contribution in [0.3, 0.4) is 0 Å². The van der Waals surface area contributed by atoms with Gasteiger partial charge in [-0.3, -0.25) is 9.48 Å². The first-order valence-corrected chi connectivity index (χ1v) is 6.16. The molecular weight excluding hydrogens is 230 g/mol. The van der Waals surface area contributed by atoms with Crippen LogP contribution in [0.2, 0.25) is 0 Å². The van der Waals surface area contributed by atoms with Crippen molar-refractivity contribution in [2.24, 2.45) is 13.0 Å². The van der Waals surface area contributed by atoms with Gasteiger partial charge in [-0.1, -0.05) is 0 Å². The van der Waals surface area contributed by atoms with Gasteiger partial charge in [0.05, 0.1) is 28.9 Å². The third-order valence-electron chi connectivity index (χ3n) is 3.64. The first-order chi connectivity index (χ1) is 8.14. The largest absolute Gasteiger partial charge is 0.383 e. The van der Waals surface area contributed by atoms with E-state index in [2.05, 4.69) is 5.10 Å². The van der Waals surface area contributed by atoms with Crippen LogP contribution < -0.4 is 5.73 Å². The lowest BCUT2D eigenvalue weighted by Crippen LogP contribution is -2.34. The molecule has 1 unspecified atom stereocenters. The molecule has 1 fully saturated rings. The quantitative estimate of drug-likeness (QED) is 0.813. The highest BCUT2D eigenvalue weighted by Crippen LogP contribution is 2.43. The molecule has 2 rings (SSSR count). The molecule has 1 aliphatic rings. The molecule has 0 amide bonds. The van der Waals surface area contributed by atoms with E-state index in [4.69, 9.17) is 10.5 Å². The van der Waals surface area contributed by atoms with E-state index in [1.54, 1.807) is 13.2 Å². The van der Waals surface area contributed by atoms with E-state index in [0.29, 0.717) is 17.8 Å². The fourth-order valence-electron chi connectivity index (χ4n) is 2.80. The number of ketones is 1. The van der Waals surface area contributed by atoms with Crippen LogP contribution in [-0.2, 0) is 11.8 Å². The number of ether oxygens (including phenoxy) is 1. The van der Waals surface area contributed by atoms with Crippen LogP contribution in [0.25, 0.3) is 0 Å². The molecule has 5 nitrogen and oxygen atoms in total. The summed E-state index contributed by atoms with van der Waals surface area (Å²) in [7, 11) is 1.73. The van der Waals surface area contributed by atoms with Gasteiger partial charge in [-0.15, -0.1) is 0 Å². The number of carbonyl (C=O) groups is 1. The fraction of sp³-hybridized carbons (Fsp3) is 0.692. The van der Waals surface area contributed by atoms with Crippen molar-refractivity contribution >= 4 is 11.6 Å². The fourth-order valence-corrected chi connectivity index (χ4v) is 2.80. The maximum atomic E-state index is 12.6. The van der Waals surface area contributed by atoms with Gasteiger partial charge >= 0.3 is 0 Å². The third-order valence-corrected chi connectivity index (χ3v) is 3.64. The number of nitrogens with two attached hydrogens (primary N) is 1. The Kier molecular flexibility index (Phi) is 2.77. The van der Waals surface area contributed by atoms with Crippen LogP contribution in [0, 0.1) is 5.92 Å². The van der Waals surface area contributed by atoms with Gasteiger partial charge in [-0.25, -0.2) is 0 Å². The van der Waals surface area contributed by atoms with Gasteiger partial charge in [-0.2, -0.15) is 5.10 Å². The zero-order valence-electron chi connectivity index (χ0n) is 11.7. The molecule has 1 aromatic rings. The zero-order chi connectivity index (χ0) is 13.7. The minimum Gasteiger partial charge on any atom is -0.383 e. The van der Waals surface area contributed by atoms with Gasteiger partial charge in [0, 0.05) is 7.05 Å². The smallest absolute Gasteiger partial charge is 0.174 e. The summed E-state index contributed by atoms with van der Waals surface area (Å²) in [5.74, 6) is 0.260. The average molecular weight is 251 g/mol. The van der Waals surface area contributed by atoms with Crippen molar-refractivity contribution in [3.8, 4) is 0 Å². The van der Waals surface area contributed by atoms with E-state index in [0.717, 1.165) is 0 Å². The number of carbonyl (C=O) groups excluding carboxylic acids is 1. The van der Waals surface area contributed by atoms with Crippen molar-refractivity contribution in [1.82, 2.24) is 9.78 Å². The van der Waals surface area contributed by atoms with E-state index in [9.17, 15) is 4.79 Å². The number of aromatic nitrogens is 2. The first kappa shape index (κ1) is 13.1. The van der Waals surface area contributed by atoms with Crippen molar-refractivity contribution < 1.29 is 9.53 Å². The molecule has 1 aliphatic heterocycles. The second-order valence-corrected chi connectivity index (χ2v) is 6.15. The Labute approximate surface area is 107 Å². The molecule has 0 bridgehead atoms. The summed E-state index contributed by atoms with van der Waals surface area (Å²) < 4.78 is 7.46. The van der Waals surface area contributed by atoms with Crippen molar-refractivity contribution in [1.29, 1.82) is 0 Å². The summed E-state index contributed by atoms with van der Waals surface area (Å²) in [6.45, 7) is 7.93. The van der Waals surface area contributed by atoms with E-state index in [-0.39, 0.29) is 17.3 Å². The highest BCUT2D eigenvalue weighted by molar-refractivity contribution is 6.02. The van der Waals surface area contributed by atoms with Crippen LogP contribution in [0.15, 0.2) is 6.20 Å². The van der Waals surface area contributed by atoms with E-state index in [1.807, 2.05) is 27.7 Å². The summed E-state index contributed by atoms with van der Waals surface area (Å²) in [5, 5.41) is 4.02. The van der Waals surface area contributed by atoms with Crippen molar-refractivity contribution in [2.45, 2.75) is 45.3 Å². The number of nitrogens with zero attached hydrogens (tertiary/aromatic N) is 2. The normalized spacial score (nSPS) is 25.3. The Morgan fingerprint density at radius 1 is 1.50 bits per heavy atom. The molecule has 0 aromatic carbocycles. The molecule has 0 saturated carbocycles. The molecule has 18 heavy (non-hydrogen) atoms. The minimum atomic E-state index is -0.469. The Morgan fingerprint density at radius 3 is 2.50 bits per heavy atom. The third kappa shape index (κ3) is 2.03. The van der Waals surface area contributed by atoms with Gasteiger partial charge in [0.25, 0.3) is 0 Å². The van der Waals surface area contributed by atoms with Crippen LogP contribution in [0.1, 0.15) is 44.5 Å². The highest BCUT2D eigenvalue weighted by atomic mass is 16.5. The molecule has 1 saturated heterocycles. The predicted octanol–water partition coefficient (Wildman–Crippen LogP) is 1.78. The van der Waals surface area contributed by atoms with Crippen molar-refractivity contribution in [3.63, 3.8) is 0 Å². The maximum absolute atomic E-state index is 12.6. The van der Waals surface area contributed by atoms with Crippen LogP contribution in [-0.4, -0.2) is 26.8 Å². The first-order valence-electron chi connectivity index (χ1n) is 6.16. The second-order valence-electron chi connectivity index (χ2n) is 6.15. The predicted molar refractivity (Wildman–Crippen MR) is 69.3 cm³/mol. The number of hydrogen-bond acceptors (Lipinski definition) is 4. The molecule has 1 aromatic heterocycles. The van der Waals surface area contributed by atoms with Crippen LogP contribution in [0.4, 0.5) is 5.82 Å². The molecule has 2 N–H and O–H groups in total. The standard InChI is InChI=1S/C13H21N3O2/c1-12(2)6-9(13(3,4)18-12)10(17)8-7-15-16(5)11(8)14/h7,9H,6,14H2,1-5H3. The number of nitrogen functional groups attached to an aromatic ring is 1. The summed E-state index contributed by atoms with van der Waals surface area (Å²) in [6.07, 6.45) is 2.24. The van der Waals surface area contributed by atoms with Gasteiger partial charge in [0.15, 0.2) is 5.78 Å². The van der Waals surface area contributed by atoms with Crippen LogP contribution >= 0.6 is 0 Å². The van der Waals surface area contributed by atoms with Gasteiger partial charge < -0.3 is 10.5 Å². The zero-order valence-corrected chi connectivity index (χ0v) is 11.7. The Bertz CT molecular complexity index is 488. The average Bonchev–Trinajstić information content (AvgIpc) is 2.64. The van der Waals surface area contributed by atoms with Gasteiger partial charge in [0.2, 0.25) is 0 Å². The van der Waals surface area contributed by atoms with E-state index < -0.39 is 5.60 Å². The molecule has 0 radical (unpaired) electrons. The lowest BCUT2D eigenvalue weighted by molar-refractivity contribution is -0.0712. The van der Waals surface area contributed by atoms with Crippen molar-refractivity contribution in [3.05, 3.63) is 11.8 Å². The second kappa shape index (κ2) is 3.82. The Hall–Kier alpha value is -1.36. The summed E-state index contributed by atoms with van der Waals surface area (Å²) >= 11 is 0. The number of hydrogen-bond donors (Lipinski definition) is 1. The number of aryl methyl sites for hydroxylation is 1. The molecule has 2 heterocycles. The van der Waals surface area contributed by atoms with Crippen molar-refractivity contribution in [2.75, 3.05) is 5.73 Å². The summed E-state index contributed by atoms with van der Waals surface area (Å²) in [4.78, 5) is 12.6. The monoisotopic (exact) mass is 251 g/mol. The van der Waals surface area contributed by atoms with Crippen LogP contribution in [0.5, 0.6) is 0 Å². The van der Waals surface area contributed by atoms with Gasteiger partial charge in [0.1, 0.15) is 5.82 Å². The Morgan fingerprint density at radius 2 is 2.11 bits per heavy atom. The van der Waals surface area contributed by atoms with E-state index in [1.165, 1.54) is 4.68 Å². The number of Topliss-reactive ketones (excluding diaryl/α,β-unsaturated/α-hetero) is 1. The molecule has 5 heteroatoms. The molecular formula is C13H21N3O2. The Balaban J connectivity index is 2.33. The molecule has 100 valence electrons. The molecule has 1 atom stereocenters. The van der Waals surface area contributed by atoms with Gasteiger partial charge in [-0.05, 0) is 34.1 Å². The lowest BCUT2D eigenvalue weighted by Gasteiger charge is -2.26. The topological polar surface area (TPSA) is 70.1 Å². The maximum Gasteiger partial charge on any atom is 0.174 e. The lowest BCUT2D eigenvalue weighted by atomic mass is 9.82. The highest BCUT2D eigenvalue weighted by Gasteiger charge is 2.49. The minimum absolute atomic E-state index is 0.0242. The molecule has 0 spiro atoms. The SMILES string of the molecule is Cn1ncc(C(=O)C2CC(C)(C)OC2(C)C)c1N. The number of rotatable bonds is 2. The summed E-state index contributed by atoms with van der Waals surface area (Å²) in [5.41, 5.74) is 5.62. The molecule has 0 aliphatic carbocycles. The van der Waals surface area contributed by atoms with E-state index >= 15 is 0 Å². The summed E-state index contributed by atoms with van der Waals surface area (Å²) in [6, 6.07) is 0. The number of anilines is 1.